The minimum Gasteiger partial charge on any atom is -0.473 e. The molecule has 5 rings (SSSR count). The molecule has 8 heteroatoms. The lowest BCUT2D eigenvalue weighted by Gasteiger charge is -2.40. The number of para-hydroxylation sites is 1. The lowest BCUT2D eigenvalue weighted by atomic mass is 10.1. The van der Waals surface area contributed by atoms with Gasteiger partial charge >= 0.3 is 11.9 Å². The quantitative estimate of drug-likeness (QED) is 0.557. The molecule has 2 aliphatic rings. The fourth-order valence-electron chi connectivity index (χ4n) is 4.31. The lowest BCUT2D eigenvalue weighted by Crippen LogP contribution is -2.46. The van der Waals surface area contributed by atoms with Crippen LogP contribution in [0.4, 0.5) is 11.5 Å². The van der Waals surface area contributed by atoms with Crippen LogP contribution in [0.1, 0.15) is 11.1 Å². The number of rotatable bonds is 4. The fraction of sp³-hybridized carbons (Fsp3) is 0.259. The van der Waals surface area contributed by atoms with Crippen molar-refractivity contribution < 1.29 is 19.8 Å². The Morgan fingerprint density at radius 3 is 2.11 bits per heavy atom. The number of aryl methyl sites for hydroxylation is 1. The number of hydrogen-bond donors (Lipinski definition) is 2. The molecule has 0 radical (unpaired) electrons. The maximum absolute atomic E-state index is 9.10. The van der Waals surface area contributed by atoms with E-state index in [1.807, 2.05) is 0 Å². The Balaban J connectivity index is 0.000000431. The number of allylic oxidation sites excluding steroid dienone is 1. The highest BCUT2D eigenvalue weighted by Gasteiger charge is 2.24. The minimum absolute atomic E-state index is 0.948. The number of carboxylic acid groups (broad SMARTS) is 2. The standard InChI is InChI=1S/C25H28N4.C2H2O4/c1-21-9-11-22(12-10-21)18-26-14-16-27(17-15-26)24-19-28-13-5-8-25(28)29(20-24)23-6-3-2-4-7-23;3-1(4)2(5)6/h2-13,20H,14-19H2,1H3;(H,3,4)(H,5,6). The number of benzene rings is 2. The van der Waals surface area contributed by atoms with Gasteiger partial charge in [0.1, 0.15) is 5.82 Å². The van der Waals surface area contributed by atoms with Gasteiger partial charge in [0.05, 0.1) is 12.2 Å². The predicted molar refractivity (Wildman–Crippen MR) is 134 cm³/mol. The zero-order chi connectivity index (χ0) is 24.8. The van der Waals surface area contributed by atoms with E-state index in [0.29, 0.717) is 0 Å². The van der Waals surface area contributed by atoms with Crippen molar-refractivity contribution in [3.05, 3.63) is 96.0 Å². The fourth-order valence-corrected chi connectivity index (χ4v) is 4.31. The summed E-state index contributed by atoms with van der Waals surface area (Å²) in [5.41, 5.74) is 5.35. The topological polar surface area (TPSA) is 89.3 Å². The van der Waals surface area contributed by atoms with Gasteiger partial charge in [-0.3, -0.25) is 4.90 Å². The van der Waals surface area contributed by atoms with Crippen LogP contribution >= 0.6 is 0 Å². The van der Waals surface area contributed by atoms with Crippen LogP contribution in [0.5, 0.6) is 0 Å². The summed E-state index contributed by atoms with van der Waals surface area (Å²) in [5.74, 6) is -2.41. The summed E-state index contributed by atoms with van der Waals surface area (Å²) in [6, 6.07) is 23.9. The summed E-state index contributed by atoms with van der Waals surface area (Å²) in [6.07, 6.45) is 4.52. The highest BCUT2D eigenvalue weighted by Crippen LogP contribution is 2.32. The molecule has 0 amide bonds. The SMILES string of the molecule is Cc1ccc(CN2CCN(C3=CN(c4ccccc4)c4cccn4C3)CC2)cc1.O=C(O)C(=O)O. The summed E-state index contributed by atoms with van der Waals surface area (Å²) in [6.45, 7) is 8.52. The molecule has 0 saturated carbocycles. The van der Waals surface area contributed by atoms with Gasteiger partial charge in [-0.25, -0.2) is 9.59 Å². The molecule has 1 aromatic heterocycles. The van der Waals surface area contributed by atoms with E-state index in [0.717, 1.165) is 39.3 Å². The van der Waals surface area contributed by atoms with Gasteiger partial charge in [0.2, 0.25) is 0 Å². The van der Waals surface area contributed by atoms with Gasteiger partial charge in [0, 0.05) is 50.8 Å². The van der Waals surface area contributed by atoms with Gasteiger partial charge in [-0.2, -0.15) is 0 Å². The maximum Gasteiger partial charge on any atom is 0.414 e. The number of anilines is 2. The molecule has 182 valence electrons. The van der Waals surface area contributed by atoms with Gasteiger partial charge in [0.15, 0.2) is 0 Å². The van der Waals surface area contributed by atoms with Gasteiger partial charge in [-0.15, -0.1) is 0 Å². The monoisotopic (exact) mass is 474 g/mol. The average molecular weight is 475 g/mol. The first-order valence-corrected chi connectivity index (χ1v) is 11.6. The highest BCUT2D eigenvalue weighted by atomic mass is 16.4. The molecule has 1 fully saturated rings. The normalized spacial score (nSPS) is 15.5. The van der Waals surface area contributed by atoms with E-state index in [2.05, 4.69) is 105 Å². The molecule has 0 bridgehead atoms. The second-order valence-corrected chi connectivity index (χ2v) is 8.68. The van der Waals surface area contributed by atoms with E-state index in [9.17, 15) is 0 Å². The molecule has 2 aliphatic heterocycles. The molecular formula is C27H30N4O4. The number of hydrogen-bond acceptors (Lipinski definition) is 5. The Morgan fingerprint density at radius 1 is 0.829 bits per heavy atom. The molecule has 0 atom stereocenters. The third-order valence-electron chi connectivity index (χ3n) is 6.19. The lowest BCUT2D eigenvalue weighted by molar-refractivity contribution is -0.159. The number of nitrogens with zero attached hydrogens (tertiary/aromatic N) is 4. The molecule has 3 heterocycles. The Labute approximate surface area is 204 Å². The molecule has 35 heavy (non-hydrogen) atoms. The van der Waals surface area contributed by atoms with Crippen molar-refractivity contribution in [3.63, 3.8) is 0 Å². The summed E-state index contributed by atoms with van der Waals surface area (Å²) < 4.78 is 2.35. The van der Waals surface area contributed by atoms with Crippen LogP contribution in [0.2, 0.25) is 0 Å². The van der Waals surface area contributed by atoms with Crippen LogP contribution in [-0.2, 0) is 22.7 Å². The van der Waals surface area contributed by atoms with Crippen LogP contribution < -0.4 is 4.90 Å². The number of aromatic nitrogens is 1. The molecule has 0 aliphatic carbocycles. The number of piperazine rings is 1. The van der Waals surface area contributed by atoms with Crippen LogP contribution in [-0.4, -0.2) is 62.7 Å². The molecule has 2 aromatic carbocycles. The molecule has 3 aromatic rings. The first kappa shape index (κ1) is 24.1. The average Bonchev–Trinajstić information content (AvgIpc) is 3.35. The Hall–Kier alpha value is -4.04. The molecular weight excluding hydrogens is 444 g/mol. The Kier molecular flexibility index (Phi) is 7.52. The molecule has 2 N–H and O–H groups in total. The Bertz CT molecular complexity index is 1170. The van der Waals surface area contributed by atoms with Crippen molar-refractivity contribution in [2.45, 2.75) is 20.0 Å². The summed E-state index contributed by atoms with van der Waals surface area (Å²) >= 11 is 0. The minimum atomic E-state index is -1.82. The Morgan fingerprint density at radius 2 is 1.49 bits per heavy atom. The molecule has 8 nitrogen and oxygen atoms in total. The van der Waals surface area contributed by atoms with Crippen LogP contribution in [0.25, 0.3) is 0 Å². The first-order valence-electron chi connectivity index (χ1n) is 11.6. The summed E-state index contributed by atoms with van der Waals surface area (Å²) in [4.78, 5) is 25.6. The van der Waals surface area contributed by atoms with E-state index < -0.39 is 11.9 Å². The van der Waals surface area contributed by atoms with E-state index in [1.54, 1.807) is 0 Å². The molecule has 1 saturated heterocycles. The number of carbonyl (C=O) groups is 2. The highest BCUT2D eigenvalue weighted by molar-refractivity contribution is 6.27. The second kappa shape index (κ2) is 10.9. The van der Waals surface area contributed by atoms with E-state index >= 15 is 0 Å². The molecule has 0 unspecified atom stereocenters. The van der Waals surface area contributed by atoms with Gasteiger partial charge in [-0.1, -0.05) is 48.0 Å². The largest absolute Gasteiger partial charge is 0.473 e. The van der Waals surface area contributed by atoms with E-state index in [-0.39, 0.29) is 0 Å². The smallest absolute Gasteiger partial charge is 0.414 e. The maximum atomic E-state index is 9.10. The van der Waals surface area contributed by atoms with Crippen LogP contribution in [0, 0.1) is 6.92 Å². The predicted octanol–water partition coefficient (Wildman–Crippen LogP) is 3.76. The van der Waals surface area contributed by atoms with Gasteiger partial charge < -0.3 is 24.6 Å². The van der Waals surface area contributed by atoms with Gasteiger partial charge in [-0.05, 0) is 36.8 Å². The van der Waals surface area contributed by atoms with E-state index in [1.165, 1.54) is 28.3 Å². The zero-order valence-corrected chi connectivity index (χ0v) is 19.7. The molecule has 0 spiro atoms. The van der Waals surface area contributed by atoms with E-state index in [4.69, 9.17) is 19.8 Å². The van der Waals surface area contributed by atoms with Crippen molar-refractivity contribution in [2.24, 2.45) is 0 Å². The third kappa shape index (κ3) is 6.10. The second-order valence-electron chi connectivity index (χ2n) is 8.68. The summed E-state index contributed by atoms with van der Waals surface area (Å²) in [7, 11) is 0. The number of aliphatic carboxylic acids is 2. The van der Waals surface area contributed by atoms with Crippen LogP contribution in [0.15, 0.2) is 84.8 Å². The van der Waals surface area contributed by atoms with Crippen molar-refractivity contribution in [1.82, 2.24) is 14.4 Å². The van der Waals surface area contributed by atoms with Crippen molar-refractivity contribution in [1.29, 1.82) is 0 Å². The van der Waals surface area contributed by atoms with Crippen molar-refractivity contribution in [3.8, 4) is 0 Å². The number of carboxylic acids is 2. The van der Waals surface area contributed by atoms with Crippen LogP contribution in [0.3, 0.4) is 0 Å². The third-order valence-corrected chi connectivity index (χ3v) is 6.19. The number of fused-ring (bicyclic) bond motifs is 1. The van der Waals surface area contributed by atoms with Gasteiger partial charge in [0.25, 0.3) is 0 Å². The zero-order valence-electron chi connectivity index (χ0n) is 19.7. The first-order chi connectivity index (χ1) is 16.9. The van der Waals surface area contributed by atoms with Crippen molar-refractivity contribution in [2.75, 3.05) is 31.1 Å². The summed E-state index contributed by atoms with van der Waals surface area (Å²) in [5, 5.41) is 14.8. The van der Waals surface area contributed by atoms with Crippen molar-refractivity contribution >= 4 is 23.4 Å².